The summed E-state index contributed by atoms with van der Waals surface area (Å²) in [6.07, 6.45) is -0.0693. The number of carbonyl (C=O) groups is 1. The van der Waals surface area contributed by atoms with E-state index in [-0.39, 0.29) is 17.9 Å². The Morgan fingerprint density at radius 1 is 1.50 bits per heavy atom. The van der Waals surface area contributed by atoms with Crippen molar-refractivity contribution in [1.82, 2.24) is 4.90 Å². The molecule has 1 unspecified atom stereocenters. The van der Waals surface area contributed by atoms with Crippen LogP contribution >= 0.6 is 11.6 Å². The van der Waals surface area contributed by atoms with E-state index in [1.165, 1.54) is 0 Å². The van der Waals surface area contributed by atoms with Crippen molar-refractivity contribution in [3.63, 3.8) is 0 Å². The molecule has 4 heteroatoms. The highest BCUT2D eigenvalue weighted by atomic mass is 35.5. The van der Waals surface area contributed by atoms with Gasteiger partial charge in [0.05, 0.1) is 13.2 Å². The lowest BCUT2D eigenvalue weighted by Gasteiger charge is -2.34. The standard InChI is InChI=1S/C14H18ClNO2/c1-10(2)14(17)16-6-7-18-13(9-16)11-4-3-5-12(15)8-11/h3-5,8,10,13H,6-7,9H2,1-2H3. The summed E-state index contributed by atoms with van der Waals surface area (Å²) in [6.45, 7) is 5.71. The van der Waals surface area contributed by atoms with E-state index in [1.54, 1.807) is 0 Å². The Balaban J connectivity index is 2.09. The van der Waals surface area contributed by atoms with E-state index >= 15 is 0 Å². The second-order valence-electron chi connectivity index (χ2n) is 4.85. The quantitative estimate of drug-likeness (QED) is 0.825. The highest BCUT2D eigenvalue weighted by molar-refractivity contribution is 6.30. The van der Waals surface area contributed by atoms with Gasteiger partial charge in [-0.1, -0.05) is 37.6 Å². The fraction of sp³-hybridized carbons (Fsp3) is 0.500. The Kier molecular flexibility index (Phi) is 4.25. The van der Waals surface area contributed by atoms with E-state index in [9.17, 15) is 4.79 Å². The van der Waals surface area contributed by atoms with E-state index in [2.05, 4.69) is 0 Å². The number of carbonyl (C=O) groups excluding carboxylic acids is 1. The number of hydrogen-bond donors (Lipinski definition) is 0. The molecule has 0 N–H and O–H groups in total. The summed E-state index contributed by atoms with van der Waals surface area (Å²) in [5, 5.41) is 0.698. The molecular weight excluding hydrogens is 250 g/mol. The lowest BCUT2D eigenvalue weighted by Crippen LogP contribution is -2.44. The number of halogens is 1. The van der Waals surface area contributed by atoms with Crippen molar-refractivity contribution in [2.75, 3.05) is 19.7 Å². The normalized spacial score (nSPS) is 20.2. The molecule has 0 bridgehead atoms. The number of amides is 1. The number of benzene rings is 1. The molecule has 0 saturated carbocycles. The average molecular weight is 268 g/mol. The summed E-state index contributed by atoms with van der Waals surface area (Å²) in [5.74, 6) is 0.216. The van der Waals surface area contributed by atoms with Gasteiger partial charge in [0.25, 0.3) is 0 Å². The Bertz CT molecular complexity index is 434. The first-order chi connectivity index (χ1) is 8.58. The maximum atomic E-state index is 12.0. The molecule has 0 radical (unpaired) electrons. The SMILES string of the molecule is CC(C)C(=O)N1CCOC(c2cccc(Cl)c2)C1. The summed E-state index contributed by atoms with van der Waals surface area (Å²) in [6, 6.07) is 7.63. The first-order valence-electron chi connectivity index (χ1n) is 6.24. The molecule has 1 atom stereocenters. The van der Waals surface area contributed by atoms with E-state index < -0.39 is 0 Å². The Hall–Kier alpha value is -1.06. The van der Waals surface area contributed by atoms with Crippen LogP contribution in [0, 0.1) is 5.92 Å². The van der Waals surface area contributed by atoms with Crippen molar-refractivity contribution >= 4 is 17.5 Å². The van der Waals surface area contributed by atoms with Gasteiger partial charge in [0.2, 0.25) is 5.91 Å². The van der Waals surface area contributed by atoms with Gasteiger partial charge in [-0.05, 0) is 17.7 Å². The highest BCUT2D eigenvalue weighted by Crippen LogP contribution is 2.25. The van der Waals surface area contributed by atoms with Gasteiger partial charge < -0.3 is 9.64 Å². The predicted octanol–water partition coefficient (Wildman–Crippen LogP) is 2.90. The fourth-order valence-corrected chi connectivity index (χ4v) is 2.32. The predicted molar refractivity (Wildman–Crippen MR) is 71.6 cm³/mol. The molecule has 1 aliphatic heterocycles. The molecule has 1 fully saturated rings. The maximum absolute atomic E-state index is 12.0. The van der Waals surface area contributed by atoms with Gasteiger partial charge in [-0.2, -0.15) is 0 Å². The van der Waals surface area contributed by atoms with E-state index in [0.29, 0.717) is 24.7 Å². The zero-order valence-corrected chi connectivity index (χ0v) is 11.5. The summed E-state index contributed by atoms with van der Waals surface area (Å²) in [7, 11) is 0. The summed E-state index contributed by atoms with van der Waals surface area (Å²) < 4.78 is 5.73. The number of morpholine rings is 1. The molecule has 1 amide bonds. The average Bonchev–Trinajstić information content (AvgIpc) is 2.38. The summed E-state index contributed by atoms with van der Waals surface area (Å²) >= 11 is 5.98. The van der Waals surface area contributed by atoms with Gasteiger partial charge in [0, 0.05) is 17.5 Å². The van der Waals surface area contributed by atoms with Crippen LogP contribution in [0.25, 0.3) is 0 Å². The summed E-state index contributed by atoms with van der Waals surface area (Å²) in [5.41, 5.74) is 1.03. The number of hydrogen-bond acceptors (Lipinski definition) is 2. The molecule has 1 saturated heterocycles. The minimum Gasteiger partial charge on any atom is -0.370 e. The minimum absolute atomic E-state index is 0.0307. The lowest BCUT2D eigenvalue weighted by atomic mass is 10.1. The number of rotatable bonds is 2. The van der Waals surface area contributed by atoms with Gasteiger partial charge >= 0.3 is 0 Å². The topological polar surface area (TPSA) is 29.5 Å². The van der Waals surface area contributed by atoms with Crippen LogP contribution in [0.5, 0.6) is 0 Å². The molecule has 0 aromatic heterocycles. The maximum Gasteiger partial charge on any atom is 0.225 e. The Labute approximate surface area is 113 Å². The molecule has 0 spiro atoms. The van der Waals surface area contributed by atoms with Crippen molar-refractivity contribution in [2.45, 2.75) is 20.0 Å². The van der Waals surface area contributed by atoms with Gasteiger partial charge in [0.15, 0.2) is 0 Å². The zero-order valence-electron chi connectivity index (χ0n) is 10.7. The van der Waals surface area contributed by atoms with Crippen molar-refractivity contribution in [1.29, 1.82) is 0 Å². The van der Waals surface area contributed by atoms with Crippen LogP contribution < -0.4 is 0 Å². The third-order valence-electron chi connectivity index (χ3n) is 3.09. The molecule has 18 heavy (non-hydrogen) atoms. The molecule has 98 valence electrons. The molecule has 2 rings (SSSR count). The minimum atomic E-state index is -0.0693. The van der Waals surface area contributed by atoms with Crippen molar-refractivity contribution in [2.24, 2.45) is 5.92 Å². The van der Waals surface area contributed by atoms with Crippen molar-refractivity contribution < 1.29 is 9.53 Å². The lowest BCUT2D eigenvalue weighted by molar-refractivity contribution is -0.142. The molecule has 1 aliphatic rings. The van der Waals surface area contributed by atoms with E-state index in [0.717, 1.165) is 5.56 Å². The first-order valence-corrected chi connectivity index (χ1v) is 6.61. The molecule has 1 aromatic carbocycles. The molecule has 3 nitrogen and oxygen atoms in total. The second-order valence-corrected chi connectivity index (χ2v) is 5.29. The first kappa shape index (κ1) is 13.4. The van der Waals surface area contributed by atoms with Gasteiger partial charge in [-0.25, -0.2) is 0 Å². The van der Waals surface area contributed by atoms with Gasteiger partial charge in [-0.15, -0.1) is 0 Å². The largest absolute Gasteiger partial charge is 0.370 e. The number of nitrogens with zero attached hydrogens (tertiary/aromatic N) is 1. The molecule has 1 aromatic rings. The molecule has 0 aliphatic carbocycles. The zero-order chi connectivity index (χ0) is 13.1. The fourth-order valence-electron chi connectivity index (χ4n) is 2.12. The third kappa shape index (κ3) is 3.03. The number of ether oxygens (including phenoxy) is 1. The third-order valence-corrected chi connectivity index (χ3v) is 3.33. The van der Waals surface area contributed by atoms with Crippen molar-refractivity contribution in [3.8, 4) is 0 Å². The highest BCUT2D eigenvalue weighted by Gasteiger charge is 2.26. The Morgan fingerprint density at radius 2 is 2.28 bits per heavy atom. The van der Waals surface area contributed by atoms with Crippen LogP contribution in [0.3, 0.4) is 0 Å². The molecular formula is C14H18ClNO2. The molecule has 1 heterocycles. The smallest absolute Gasteiger partial charge is 0.225 e. The van der Waals surface area contributed by atoms with Crippen LogP contribution in [0.4, 0.5) is 0 Å². The van der Waals surface area contributed by atoms with Gasteiger partial charge in [0.1, 0.15) is 6.10 Å². The van der Waals surface area contributed by atoms with Crippen molar-refractivity contribution in [3.05, 3.63) is 34.9 Å². The van der Waals surface area contributed by atoms with Crippen LogP contribution in [-0.4, -0.2) is 30.5 Å². The van der Waals surface area contributed by atoms with E-state index in [1.807, 2.05) is 43.0 Å². The summed E-state index contributed by atoms with van der Waals surface area (Å²) in [4.78, 5) is 13.9. The van der Waals surface area contributed by atoms with Crippen LogP contribution in [0.2, 0.25) is 5.02 Å². The Morgan fingerprint density at radius 3 is 2.94 bits per heavy atom. The second kappa shape index (κ2) is 5.72. The van der Waals surface area contributed by atoms with Gasteiger partial charge in [-0.3, -0.25) is 4.79 Å². The van der Waals surface area contributed by atoms with Crippen LogP contribution in [-0.2, 0) is 9.53 Å². The monoisotopic (exact) mass is 267 g/mol. The van der Waals surface area contributed by atoms with Crippen LogP contribution in [0.15, 0.2) is 24.3 Å². The van der Waals surface area contributed by atoms with E-state index in [4.69, 9.17) is 16.3 Å². The van der Waals surface area contributed by atoms with Crippen LogP contribution in [0.1, 0.15) is 25.5 Å².